The number of amides is 2. The number of pyridine rings is 1. The Bertz CT molecular complexity index is 911. The van der Waals surface area contributed by atoms with Gasteiger partial charge in [-0.25, -0.2) is 18.6 Å². The molecule has 0 spiro atoms. The fourth-order valence-corrected chi connectivity index (χ4v) is 3.64. The summed E-state index contributed by atoms with van der Waals surface area (Å²) in [5.41, 5.74) is 2.07. The van der Waals surface area contributed by atoms with Gasteiger partial charge in [-0.2, -0.15) is 5.10 Å². The summed E-state index contributed by atoms with van der Waals surface area (Å²) in [6.45, 7) is 1.34. The zero-order valence-corrected chi connectivity index (χ0v) is 15.4. The maximum atomic E-state index is 14.4. The third-order valence-corrected chi connectivity index (χ3v) is 5.15. The average Bonchev–Trinajstić information content (AvgIpc) is 2.89. The van der Waals surface area contributed by atoms with Crippen LogP contribution in [0.15, 0.2) is 22.9 Å². The summed E-state index contributed by atoms with van der Waals surface area (Å²) in [4.78, 5) is 17.9. The molecular weight excluding hydrogens is 408 g/mol. The molecule has 4 heterocycles. The minimum atomic E-state index is -0.632. The molecule has 0 saturated heterocycles. The van der Waals surface area contributed by atoms with E-state index in [0.717, 1.165) is 17.7 Å². The molecule has 4 rings (SSSR count). The van der Waals surface area contributed by atoms with Gasteiger partial charge in [0.1, 0.15) is 16.1 Å². The van der Waals surface area contributed by atoms with Crippen LogP contribution in [0.1, 0.15) is 29.8 Å². The van der Waals surface area contributed by atoms with Crippen LogP contribution >= 0.6 is 15.9 Å². The summed E-state index contributed by atoms with van der Waals surface area (Å²) < 4.78 is 30.2. The highest BCUT2D eigenvalue weighted by atomic mass is 79.9. The first-order chi connectivity index (χ1) is 12.5. The van der Waals surface area contributed by atoms with Crippen molar-refractivity contribution in [2.75, 3.05) is 11.9 Å². The first-order valence-electron chi connectivity index (χ1n) is 8.35. The van der Waals surface area contributed by atoms with Crippen molar-refractivity contribution >= 4 is 33.5 Å². The number of hydrogen-bond donors (Lipinski definition) is 1. The first kappa shape index (κ1) is 17.1. The topological polar surface area (TPSA) is 63.1 Å². The van der Waals surface area contributed by atoms with Gasteiger partial charge in [0.05, 0.1) is 17.9 Å². The van der Waals surface area contributed by atoms with E-state index in [-0.39, 0.29) is 22.7 Å². The number of aryl methyl sites for hydroxylation is 1. The van der Waals surface area contributed by atoms with Gasteiger partial charge in [0, 0.05) is 31.3 Å². The molecule has 136 valence electrons. The van der Waals surface area contributed by atoms with Crippen LogP contribution in [0.2, 0.25) is 0 Å². The number of carbonyl (C=O) groups is 1. The molecular formula is C17H16BrF2N5O. The molecule has 0 radical (unpaired) electrons. The number of allylic oxidation sites excluding steroid dienone is 1. The number of anilines is 1. The average molecular weight is 424 g/mol. The van der Waals surface area contributed by atoms with Crippen molar-refractivity contribution in [3.63, 3.8) is 0 Å². The van der Waals surface area contributed by atoms with Crippen molar-refractivity contribution in [2.24, 2.45) is 0 Å². The number of rotatable bonds is 1. The standard InChI is InChI=1S/C17H16BrF2N5O/c18-16-14(20)13(4-6-21-16)22-17(26)24-8-5-12-10(9-24)15-11(19)3-1-2-7-25(15)23-12/h3-4,6H,1-2,5,7-9H2,(H,21,22,26). The molecule has 1 N–H and O–H groups in total. The highest BCUT2D eigenvalue weighted by Crippen LogP contribution is 2.31. The fourth-order valence-electron chi connectivity index (χ4n) is 3.30. The van der Waals surface area contributed by atoms with E-state index in [0.29, 0.717) is 31.6 Å². The lowest BCUT2D eigenvalue weighted by Gasteiger charge is -2.27. The number of urea groups is 1. The summed E-state index contributed by atoms with van der Waals surface area (Å²) in [5.74, 6) is -0.922. The highest BCUT2D eigenvalue weighted by Gasteiger charge is 2.29. The maximum Gasteiger partial charge on any atom is 0.322 e. The van der Waals surface area contributed by atoms with E-state index in [4.69, 9.17) is 0 Å². The van der Waals surface area contributed by atoms with Crippen LogP contribution in [0.25, 0.3) is 5.83 Å². The van der Waals surface area contributed by atoms with Crippen molar-refractivity contribution < 1.29 is 13.6 Å². The molecule has 2 aromatic heterocycles. The molecule has 2 aliphatic heterocycles. The number of carbonyl (C=O) groups excluding carboxylic acids is 1. The van der Waals surface area contributed by atoms with Crippen LogP contribution in [-0.4, -0.2) is 32.2 Å². The molecule has 2 aliphatic rings. The molecule has 0 bridgehead atoms. The lowest BCUT2D eigenvalue weighted by molar-refractivity contribution is 0.206. The SMILES string of the molecule is O=C(Nc1ccnc(Br)c1F)N1CCc2nn3c(c2C1)C(F)=CCCC3. The molecule has 0 unspecified atom stereocenters. The molecule has 0 saturated carbocycles. The van der Waals surface area contributed by atoms with Gasteiger partial charge in [-0.3, -0.25) is 4.68 Å². The van der Waals surface area contributed by atoms with Gasteiger partial charge in [-0.1, -0.05) is 0 Å². The number of halogens is 3. The Labute approximate surface area is 157 Å². The highest BCUT2D eigenvalue weighted by molar-refractivity contribution is 9.10. The molecule has 9 heteroatoms. The number of hydrogen-bond acceptors (Lipinski definition) is 3. The van der Waals surface area contributed by atoms with E-state index in [9.17, 15) is 13.6 Å². The van der Waals surface area contributed by atoms with Crippen LogP contribution in [-0.2, 0) is 19.5 Å². The van der Waals surface area contributed by atoms with Crippen LogP contribution < -0.4 is 5.32 Å². The van der Waals surface area contributed by atoms with Crippen molar-refractivity contribution in [1.29, 1.82) is 0 Å². The Kier molecular flexibility index (Phi) is 4.47. The van der Waals surface area contributed by atoms with E-state index in [2.05, 4.69) is 31.3 Å². The summed E-state index contributed by atoms with van der Waals surface area (Å²) in [6.07, 6.45) is 5.02. The Morgan fingerprint density at radius 1 is 1.31 bits per heavy atom. The zero-order chi connectivity index (χ0) is 18.3. The van der Waals surface area contributed by atoms with Gasteiger partial charge in [-0.05, 0) is 40.9 Å². The van der Waals surface area contributed by atoms with Crippen LogP contribution in [0.4, 0.5) is 19.3 Å². The van der Waals surface area contributed by atoms with E-state index < -0.39 is 11.8 Å². The minimum absolute atomic E-state index is 0.0328. The van der Waals surface area contributed by atoms with Crippen molar-refractivity contribution in [3.8, 4) is 0 Å². The summed E-state index contributed by atoms with van der Waals surface area (Å²) in [6, 6.07) is 0.951. The van der Waals surface area contributed by atoms with Gasteiger partial charge in [0.25, 0.3) is 0 Å². The maximum absolute atomic E-state index is 14.4. The molecule has 2 amide bonds. The van der Waals surface area contributed by atoms with Gasteiger partial charge < -0.3 is 10.2 Å². The predicted octanol–water partition coefficient (Wildman–Crippen LogP) is 3.87. The molecule has 0 aromatic carbocycles. The third-order valence-electron chi connectivity index (χ3n) is 4.60. The van der Waals surface area contributed by atoms with E-state index >= 15 is 0 Å². The first-order valence-corrected chi connectivity index (χ1v) is 9.14. The van der Waals surface area contributed by atoms with Crippen molar-refractivity contribution in [1.82, 2.24) is 19.7 Å². The second-order valence-corrected chi connectivity index (χ2v) is 7.01. The third kappa shape index (κ3) is 3.00. The largest absolute Gasteiger partial charge is 0.322 e. The van der Waals surface area contributed by atoms with Crippen LogP contribution in [0, 0.1) is 5.82 Å². The van der Waals surface area contributed by atoms with E-state index in [1.807, 2.05) is 0 Å². The summed E-state index contributed by atoms with van der Waals surface area (Å²) in [5, 5.41) is 7.06. The summed E-state index contributed by atoms with van der Waals surface area (Å²) >= 11 is 2.99. The number of fused-ring (bicyclic) bond motifs is 3. The monoisotopic (exact) mass is 423 g/mol. The van der Waals surface area contributed by atoms with Gasteiger partial charge in [-0.15, -0.1) is 0 Å². The second kappa shape index (κ2) is 6.79. The Hall–Kier alpha value is -2.29. The van der Waals surface area contributed by atoms with E-state index in [1.54, 1.807) is 10.8 Å². The Balaban J connectivity index is 1.58. The van der Waals surface area contributed by atoms with E-state index in [1.165, 1.54) is 17.2 Å². The molecule has 2 aromatic rings. The van der Waals surface area contributed by atoms with Crippen molar-refractivity contribution in [3.05, 3.63) is 45.7 Å². The number of nitrogens with zero attached hydrogens (tertiary/aromatic N) is 4. The van der Waals surface area contributed by atoms with Crippen molar-refractivity contribution in [2.45, 2.75) is 32.4 Å². The quantitative estimate of drug-likeness (QED) is 0.707. The molecule has 6 nitrogen and oxygen atoms in total. The molecule has 0 aliphatic carbocycles. The van der Waals surface area contributed by atoms with Gasteiger partial charge >= 0.3 is 6.03 Å². The van der Waals surface area contributed by atoms with Crippen LogP contribution in [0.3, 0.4) is 0 Å². The number of nitrogens with one attached hydrogen (secondary N) is 1. The second-order valence-electron chi connectivity index (χ2n) is 6.26. The van der Waals surface area contributed by atoms with Gasteiger partial charge in [0.15, 0.2) is 5.82 Å². The fraction of sp³-hybridized carbons (Fsp3) is 0.353. The smallest absolute Gasteiger partial charge is 0.320 e. The number of aromatic nitrogens is 3. The lowest BCUT2D eigenvalue weighted by Crippen LogP contribution is -2.39. The molecule has 0 fully saturated rings. The van der Waals surface area contributed by atoms with Gasteiger partial charge in [0.2, 0.25) is 0 Å². The molecule has 0 atom stereocenters. The van der Waals surface area contributed by atoms with Crippen LogP contribution in [0.5, 0.6) is 0 Å². The Morgan fingerprint density at radius 2 is 2.15 bits per heavy atom. The summed E-state index contributed by atoms with van der Waals surface area (Å²) in [7, 11) is 0. The normalized spacial score (nSPS) is 16.4. The Morgan fingerprint density at radius 3 is 3.00 bits per heavy atom. The zero-order valence-electron chi connectivity index (χ0n) is 13.8. The predicted molar refractivity (Wildman–Crippen MR) is 95.6 cm³/mol. The molecule has 26 heavy (non-hydrogen) atoms. The lowest BCUT2D eigenvalue weighted by atomic mass is 10.0. The minimum Gasteiger partial charge on any atom is -0.320 e.